The van der Waals surface area contributed by atoms with Crippen LogP contribution in [0.4, 0.5) is 0 Å². The van der Waals surface area contributed by atoms with Gasteiger partial charge >= 0.3 is 5.97 Å². The summed E-state index contributed by atoms with van der Waals surface area (Å²) >= 11 is 5.02. The summed E-state index contributed by atoms with van der Waals surface area (Å²) in [4.78, 5) is 25.8. The molecule has 2 atom stereocenters. The van der Waals surface area contributed by atoms with Crippen molar-refractivity contribution >= 4 is 39.0 Å². The number of thiophene rings is 1. The number of allylic oxidation sites excluding steroid dienone is 3. The van der Waals surface area contributed by atoms with Gasteiger partial charge < -0.3 is 10.1 Å². The molecule has 4 nitrogen and oxygen atoms in total. The van der Waals surface area contributed by atoms with Gasteiger partial charge in [0.2, 0.25) is 0 Å². The predicted octanol–water partition coefficient (Wildman–Crippen LogP) is 3.51. The monoisotopic (exact) mass is 381 g/mol. The molecule has 1 aromatic heterocycles. The number of hydrogen-bond donors (Lipinski definition) is 1. The van der Waals surface area contributed by atoms with Crippen LogP contribution in [0.5, 0.6) is 0 Å². The average molecular weight is 382 g/mol. The molecule has 0 spiro atoms. The summed E-state index contributed by atoms with van der Waals surface area (Å²) in [7, 11) is 1.37. The van der Waals surface area contributed by atoms with Gasteiger partial charge in [0.15, 0.2) is 0 Å². The van der Waals surface area contributed by atoms with E-state index in [0.29, 0.717) is 12.0 Å². The number of carbonyl (C=O) groups is 2. The molecule has 116 valence electrons. The van der Waals surface area contributed by atoms with Crippen LogP contribution in [-0.2, 0) is 14.3 Å². The lowest BCUT2D eigenvalue weighted by atomic mass is 9.73. The van der Waals surface area contributed by atoms with Gasteiger partial charge in [0.25, 0.3) is 0 Å². The van der Waals surface area contributed by atoms with Gasteiger partial charge in [-0.1, -0.05) is 6.08 Å². The van der Waals surface area contributed by atoms with Crippen LogP contribution in [0.15, 0.2) is 39.0 Å². The Hall–Kier alpha value is -1.40. The molecule has 0 aromatic carbocycles. The number of ketones is 1. The zero-order valence-corrected chi connectivity index (χ0v) is 14.7. The molecule has 1 aliphatic heterocycles. The van der Waals surface area contributed by atoms with Crippen molar-refractivity contribution in [2.45, 2.75) is 25.7 Å². The topological polar surface area (TPSA) is 55.4 Å². The molecule has 0 saturated heterocycles. The number of Topliss-reactive ketones (excluding diaryl/α,β-unsaturated/α-hetero) is 1. The Morgan fingerprint density at radius 3 is 2.82 bits per heavy atom. The van der Waals surface area contributed by atoms with Gasteiger partial charge in [0, 0.05) is 28.6 Å². The molecule has 1 N–H and O–H groups in total. The predicted molar refractivity (Wildman–Crippen MR) is 88.4 cm³/mol. The van der Waals surface area contributed by atoms with Gasteiger partial charge in [-0.25, -0.2) is 4.79 Å². The Labute approximate surface area is 141 Å². The van der Waals surface area contributed by atoms with Gasteiger partial charge in [-0.3, -0.25) is 4.79 Å². The van der Waals surface area contributed by atoms with Crippen molar-refractivity contribution in [3.05, 3.63) is 43.8 Å². The molecule has 3 rings (SSSR count). The fourth-order valence-electron chi connectivity index (χ4n) is 3.20. The van der Waals surface area contributed by atoms with Gasteiger partial charge in [-0.05, 0) is 41.4 Å². The minimum absolute atomic E-state index is 0.174. The molecule has 0 fully saturated rings. The molecule has 0 bridgehead atoms. The van der Waals surface area contributed by atoms with E-state index in [-0.39, 0.29) is 23.6 Å². The number of hydrogen-bond acceptors (Lipinski definition) is 5. The number of nitrogens with one attached hydrogen (secondary N) is 1. The van der Waals surface area contributed by atoms with Crippen LogP contribution < -0.4 is 5.32 Å². The van der Waals surface area contributed by atoms with Crippen LogP contribution in [0.25, 0.3) is 0 Å². The first-order chi connectivity index (χ1) is 10.5. The molecule has 1 aliphatic carbocycles. The average Bonchev–Trinajstić information content (AvgIpc) is 2.91. The van der Waals surface area contributed by atoms with Gasteiger partial charge in [-0.15, -0.1) is 11.3 Å². The first-order valence-corrected chi connectivity index (χ1v) is 8.68. The second-order valence-electron chi connectivity index (χ2n) is 5.42. The molecule has 6 heteroatoms. The van der Waals surface area contributed by atoms with E-state index in [1.54, 1.807) is 11.3 Å². The number of halogens is 1. The lowest BCUT2D eigenvalue weighted by molar-refractivity contribution is -0.136. The van der Waals surface area contributed by atoms with Crippen LogP contribution in [0.3, 0.4) is 0 Å². The zero-order chi connectivity index (χ0) is 15.9. The first kappa shape index (κ1) is 15.5. The second-order valence-corrected chi connectivity index (χ2v) is 7.91. The minimum atomic E-state index is -0.378. The van der Waals surface area contributed by atoms with Crippen molar-refractivity contribution in [1.29, 1.82) is 0 Å². The Morgan fingerprint density at radius 1 is 1.41 bits per heavy atom. The maximum atomic E-state index is 12.5. The summed E-state index contributed by atoms with van der Waals surface area (Å²) in [5.74, 6) is -0.800. The fourth-order valence-corrected chi connectivity index (χ4v) is 4.77. The highest BCUT2D eigenvalue weighted by atomic mass is 79.9. The Kier molecular flexibility index (Phi) is 4.23. The molecule has 2 unspecified atom stereocenters. The highest BCUT2D eigenvalue weighted by Crippen LogP contribution is 2.46. The maximum absolute atomic E-state index is 12.5. The lowest BCUT2D eigenvalue weighted by Crippen LogP contribution is -2.40. The standard InChI is InChI=1S/C16H16BrNO3S/c1-8-13(16(20)21-2)15(11-6-7-12(17)22-11)14-9(18-8)4-3-5-10(14)19/h4,6-7,14-15,18H,3,5H2,1-2H3. The molecule has 0 saturated carbocycles. The van der Waals surface area contributed by atoms with E-state index >= 15 is 0 Å². The van der Waals surface area contributed by atoms with E-state index < -0.39 is 0 Å². The fraction of sp³-hybridized carbons (Fsp3) is 0.375. The van der Waals surface area contributed by atoms with Crippen molar-refractivity contribution in [2.75, 3.05) is 7.11 Å². The third-order valence-electron chi connectivity index (χ3n) is 4.12. The number of rotatable bonds is 2. The van der Waals surface area contributed by atoms with Crippen molar-refractivity contribution in [3.63, 3.8) is 0 Å². The van der Waals surface area contributed by atoms with Crippen LogP contribution in [0.2, 0.25) is 0 Å². The number of carbonyl (C=O) groups excluding carboxylic acids is 2. The molecule has 22 heavy (non-hydrogen) atoms. The van der Waals surface area contributed by atoms with Gasteiger partial charge in [0.1, 0.15) is 5.78 Å². The summed E-state index contributed by atoms with van der Waals surface area (Å²) in [5, 5.41) is 3.23. The number of methoxy groups -OCH3 is 1. The Morgan fingerprint density at radius 2 is 2.18 bits per heavy atom. The van der Waals surface area contributed by atoms with E-state index in [1.807, 2.05) is 19.1 Å². The summed E-state index contributed by atoms with van der Waals surface area (Å²) in [6.07, 6.45) is 3.34. The number of ether oxygens (including phenoxy) is 1. The van der Waals surface area contributed by atoms with Crippen molar-refractivity contribution < 1.29 is 14.3 Å². The maximum Gasteiger partial charge on any atom is 0.336 e. The summed E-state index contributed by atoms with van der Waals surface area (Å²) in [6.45, 7) is 1.86. The highest BCUT2D eigenvalue weighted by molar-refractivity contribution is 9.11. The van der Waals surface area contributed by atoms with E-state index in [1.165, 1.54) is 7.11 Å². The SMILES string of the molecule is COC(=O)C1=C(C)NC2=CCCC(=O)C2C1c1ccc(Br)s1. The molecule has 2 aliphatic rings. The van der Waals surface area contributed by atoms with E-state index in [2.05, 4.69) is 27.3 Å². The normalized spacial score (nSPS) is 24.5. The zero-order valence-electron chi connectivity index (χ0n) is 12.3. The van der Waals surface area contributed by atoms with E-state index in [4.69, 9.17) is 4.74 Å². The molecule has 2 heterocycles. The van der Waals surface area contributed by atoms with Gasteiger partial charge in [-0.2, -0.15) is 0 Å². The molecule has 1 aromatic rings. The summed E-state index contributed by atoms with van der Waals surface area (Å²) in [6, 6.07) is 3.92. The Balaban J connectivity index is 2.18. The van der Waals surface area contributed by atoms with Crippen LogP contribution in [-0.4, -0.2) is 18.9 Å². The van der Waals surface area contributed by atoms with E-state index in [0.717, 1.165) is 26.5 Å². The molecule has 0 amide bonds. The van der Waals surface area contributed by atoms with Gasteiger partial charge in [0.05, 0.1) is 22.4 Å². The number of fused-ring (bicyclic) bond motifs is 1. The van der Waals surface area contributed by atoms with Crippen molar-refractivity contribution in [2.24, 2.45) is 5.92 Å². The number of esters is 1. The summed E-state index contributed by atoms with van der Waals surface area (Å²) < 4.78 is 5.94. The summed E-state index contributed by atoms with van der Waals surface area (Å²) in [5.41, 5.74) is 2.23. The lowest BCUT2D eigenvalue weighted by Gasteiger charge is -2.37. The highest BCUT2D eigenvalue weighted by Gasteiger charge is 2.43. The smallest absolute Gasteiger partial charge is 0.336 e. The third kappa shape index (κ3) is 2.54. The molecule has 0 radical (unpaired) electrons. The van der Waals surface area contributed by atoms with Crippen molar-refractivity contribution in [3.8, 4) is 0 Å². The quantitative estimate of drug-likeness (QED) is 0.796. The van der Waals surface area contributed by atoms with E-state index in [9.17, 15) is 9.59 Å². The Bertz CT molecular complexity index is 704. The largest absolute Gasteiger partial charge is 0.466 e. The third-order valence-corrected chi connectivity index (χ3v) is 5.83. The minimum Gasteiger partial charge on any atom is -0.466 e. The van der Waals surface area contributed by atoms with Crippen molar-refractivity contribution in [1.82, 2.24) is 5.32 Å². The second kappa shape index (κ2) is 6.01. The van der Waals surface area contributed by atoms with Crippen LogP contribution in [0, 0.1) is 5.92 Å². The molecular weight excluding hydrogens is 366 g/mol. The van der Waals surface area contributed by atoms with Crippen LogP contribution in [0.1, 0.15) is 30.6 Å². The molecular formula is C16H16BrNO3S. The van der Waals surface area contributed by atoms with Crippen LogP contribution >= 0.6 is 27.3 Å². The first-order valence-electron chi connectivity index (χ1n) is 7.07.